The smallest absolute Gasteiger partial charge is 0.255 e. The van der Waals surface area contributed by atoms with Gasteiger partial charge in [-0.15, -0.1) is 0 Å². The van der Waals surface area contributed by atoms with Crippen molar-refractivity contribution in [2.45, 2.75) is 0 Å². The van der Waals surface area contributed by atoms with Crippen LogP contribution in [-0.2, 0) is 0 Å². The van der Waals surface area contributed by atoms with E-state index in [1.807, 2.05) is 30.3 Å². The van der Waals surface area contributed by atoms with E-state index in [2.05, 4.69) is 15.6 Å². The minimum Gasteiger partial charge on any atom is -0.493 e. The highest BCUT2D eigenvalue weighted by Crippen LogP contribution is 2.38. The van der Waals surface area contributed by atoms with Crippen LogP contribution >= 0.6 is 0 Å². The molecular weight excluding hydrogens is 358 g/mol. The predicted octanol–water partition coefficient (Wildman–Crippen LogP) is 4.10. The Morgan fingerprint density at radius 2 is 1.54 bits per heavy atom. The molecular formula is C21H21N3O4. The summed E-state index contributed by atoms with van der Waals surface area (Å²) < 4.78 is 15.8. The summed E-state index contributed by atoms with van der Waals surface area (Å²) in [6.07, 6.45) is 1.58. The molecule has 0 fully saturated rings. The lowest BCUT2D eigenvalue weighted by Gasteiger charge is -2.14. The van der Waals surface area contributed by atoms with Gasteiger partial charge in [-0.05, 0) is 36.4 Å². The summed E-state index contributed by atoms with van der Waals surface area (Å²) in [5.41, 5.74) is 1.88. The van der Waals surface area contributed by atoms with Crippen LogP contribution in [0.25, 0.3) is 0 Å². The van der Waals surface area contributed by atoms with Crippen LogP contribution in [0.5, 0.6) is 17.2 Å². The number of rotatable bonds is 7. The van der Waals surface area contributed by atoms with Gasteiger partial charge in [0, 0.05) is 11.3 Å². The Hall–Kier alpha value is -3.74. The SMILES string of the molecule is COc1cc(C(=O)Nc2ccc(Nc3ccccc3)nc2)cc(OC)c1OC. The van der Waals surface area contributed by atoms with Crippen LogP contribution in [0, 0.1) is 0 Å². The lowest BCUT2D eigenvalue weighted by Crippen LogP contribution is -2.13. The van der Waals surface area contributed by atoms with Crippen molar-refractivity contribution in [2.75, 3.05) is 32.0 Å². The third-order valence-corrected chi connectivity index (χ3v) is 3.99. The van der Waals surface area contributed by atoms with Crippen LogP contribution in [0.4, 0.5) is 17.2 Å². The van der Waals surface area contributed by atoms with Crippen LogP contribution < -0.4 is 24.8 Å². The fraction of sp³-hybridized carbons (Fsp3) is 0.143. The second-order valence-corrected chi connectivity index (χ2v) is 5.79. The topological polar surface area (TPSA) is 81.7 Å². The van der Waals surface area contributed by atoms with Gasteiger partial charge in [0.1, 0.15) is 5.82 Å². The quantitative estimate of drug-likeness (QED) is 0.643. The number of aromatic nitrogens is 1. The van der Waals surface area contributed by atoms with Gasteiger partial charge in [0.15, 0.2) is 11.5 Å². The summed E-state index contributed by atoms with van der Waals surface area (Å²) in [5.74, 6) is 1.61. The first-order valence-electron chi connectivity index (χ1n) is 8.54. The van der Waals surface area contributed by atoms with Crippen LogP contribution in [0.3, 0.4) is 0 Å². The lowest BCUT2D eigenvalue weighted by molar-refractivity contribution is 0.102. The average molecular weight is 379 g/mol. The zero-order valence-electron chi connectivity index (χ0n) is 15.9. The van der Waals surface area contributed by atoms with Crippen molar-refractivity contribution in [3.63, 3.8) is 0 Å². The molecule has 0 aliphatic carbocycles. The number of nitrogens with zero attached hydrogens (tertiary/aromatic N) is 1. The first kappa shape index (κ1) is 19.0. The van der Waals surface area contributed by atoms with Gasteiger partial charge >= 0.3 is 0 Å². The molecule has 2 aromatic carbocycles. The highest BCUT2D eigenvalue weighted by molar-refractivity contribution is 6.05. The molecule has 0 aliphatic heterocycles. The van der Waals surface area contributed by atoms with Crippen molar-refractivity contribution in [3.8, 4) is 17.2 Å². The molecule has 0 radical (unpaired) electrons. The number of carbonyl (C=O) groups is 1. The highest BCUT2D eigenvalue weighted by Gasteiger charge is 2.17. The molecule has 2 N–H and O–H groups in total. The maximum atomic E-state index is 12.6. The van der Waals surface area contributed by atoms with E-state index in [0.717, 1.165) is 5.69 Å². The molecule has 0 bridgehead atoms. The molecule has 28 heavy (non-hydrogen) atoms. The van der Waals surface area contributed by atoms with Gasteiger partial charge in [-0.2, -0.15) is 0 Å². The Kier molecular flexibility index (Phi) is 5.96. The van der Waals surface area contributed by atoms with Gasteiger partial charge in [0.2, 0.25) is 5.75 Å². The number of hydrogen-bond acceptors (Lipinski definition) is 6. The van der Waals surface area contributed by atoms with Crippen molar-refractivity contribution in [2.24, 2.45) is 0 Å². The molecule has 7 nitrogen and oxygen atoms in total. The normalized spacial score (nSPS) is 10.1. The number of nitrogens with one attached hydrogen (secondary N) is 2. The summed E-state index contributed by atoms with van der Waals surface area (Å²) >= 11 is 0. The number of para-hydroxylation sites is 1. The molecule has 0 saturated carbocycles. The minimum absolute atomic E-state index is 0.315. The van der Waals surface area contributed by atoms with Crippen molar-refractivity contribution in [3.05, 3.63) is 66.4 Å². The molecule has 0 spiro atoms. The second kappa shape index (κ2) is 8.77. The Bertz CT molecular complexity index is 919. The number of pyridine rings is 1. The molecule has 1 heterocycles. The molecule has 1 aromatic heterocycles. The largest absolute Gasteiger partial charge is 0.493 e. The first-order valence-corrected chi connectivity index (χ1v) is 8.54. The average Bonchev–Trinajstić information content (AvgIpc) is 2.74. The Balaban J connectivity index is 1.74. The van der Waals surface area contributed by atoms with Crippen molar-refractivity contribution >= 4 is 23.1 Å². The maximum absolute atomic E-state index is 12.6. The standard InChI is InChI=1S/C21H21N3O4/c1-26-17-11-14(12-18(27-2)20(17)28-3)21(25)24-16-9-10-19(22-13-16)23-15-7-5-4-6-8-15/h4-13H,1-3H3,(H,22,23)(H,24,25). The van der Waals surface area contributed by atoms with Gasteiger partial charge in [-0.1, -0.05) is 18.2 Å². The van der Waals surface area contributed by atoms with Gasteiger partial charge in [-0.3, -0.25) is 4.79 Å². The molecule has 0 saturated heterocycles. The number of ether oxygens (including phenoxy) is 3. The van der Waals surface area contributed by atoms with Gasteiger partial charge < -0.3 is 24.8 Å². The summed E-state index contributed by atoms with van der Waals surface area (Å²) in [4.78, 5) is 16.9. The van der Waals surface area contributed by atoms with Gasteiger partial charge in [0.05, 0.1) is 33.2 Å². The summed E-state index contributed by atoms with van der Waals surface area (Å²) in [7, 11) is 4.51. The van der Waals surface area contributed by atoms with Crippen molar-refractivity contribution < 1.29 is 19.0 Å². The van der Waals surface area contributed by atoms with Crippen molar-refractivity contribution in [1.82, 2.24) is 4.98 Å². The fourth-order valence-electron chi connectivity index (χ4n) is 2.63. The van der Waals surface area contributed by atoms with Gasteiger partial charge in [-0.25, -0.2) is 4.98 Å². The number of hydrogen-bond donors (Lipinski definition) is 2. The summed E-state index contributed by atoms with van der Waals surface area (Å²) in [6, 6.07) is 16.5. The van der Waals surface area contributed by atoms with E-state index in [-0.39, 0.29) is 5.91 Å². The molecule has 3 rings (SSSR count). The number of methoxy groups -OCH3 is 3. The summed E-state index contributed by atoms with van der Waals surface area (Å²) in [5, 5.41) is 6.00. The maximum Gasteiger partial charge on any atom is 0.255 e. The number of amides is 1. The Morgan fingerprint density at radius 1 is 0.857 bits per heavy atom. The lowest BCUT2D eigenvalue weighted by atomic mass is 10.1. The zero-order valence-corrected chi connectivity index (χ0v) is 15.9. The highest BCUT2D eigenvalue weighted by atomic mass is 16.5. The van der Waals surface area contributed by atoms with E-state index < -0.39 is 0 Å². The molecule has 144 valence electrons. The second-order valence-electron chi connectivity index (χ2n) is 5.79. The van der Waals surface area contributed by atoms with E-state index >= 15 is 0 Å². The Labute approximate surface area is 163 Å². The van der Waals surface area contributed by atoms with E-state index in [1.165, 1.54) is 21.3 Å². The summed E-state index contributed by atoms with van der Waals surface area (Å²) in [6.45, 7) is 0. The molecule has 0 aliphatic rings. The first-order chi connectivity index (χ1) is 13.6. The molecule has 1 amide bonds. The zero-order chi connectivity index (χ0) is 19.9. The number of carbonyl (C=O) groups excluding carboxylic acids is 1. The van der Waals surface area contributed by atoms with E-state index in [0.29, 0.717) is 34.3 Å². The number of anilines is 3. The van der Waals surface area contributed by atoms with E-state index in [9.17, 15) is 4.79 Å². The monoisotopic (exact) mass is 379 g/mol. The van der Waals surface area contributed by atoms with Gasteiger partial charge in [0.25, 0.3) is 5.91 Å². The van der Waals surface area contributed by atoms with E-state index in [4.69, 9.17) is 14.2 Å². The van der Waals surface area contributed by atoms with E-state index in [1.54, 1.807) is 30.5 Å². The predicted molar refractivity (Wildman–Crippen MR) is 108 cm³/mol. The fourth-order valence-corrected chi connectivity index (χ4v) is 2.63. The molecule has 0 atom stereocenters. The Morgan fingerprint density at radius 3 is 2.07 bits per heavy atom. The van der Waals surface area contributed by atoms with Crippen LogP contribution in [0.1, 0.15) is 10.4 Å². The number of benzene rings is 2. The molecule has 0 unspecified atom stereocenters. The molecule has 7 heteroatoms. The third kappa shape index (κ3) is 4.32. The van der Waals surface area contributed by atoms with Crippen LogP contribution in [0.15, 0.2) is 60.8 Å². The van der Waals surface area contributed by atoms with Crippen molar-refractivity contribution in [1.29, 1.82) is 0 Å². The van der Waals surface area contributed by atoms with Crippen LogP contribution in [-0.4, -0.2) is 32.2 Å². The third-order valence-electron chi connectivity index (χ3n) is 3.99. The molecule has 3 aromatic rings. The minimum atomic E-state index is -0.315. The van der Waals surface area contributed by atoms with Crippen LogP contribution in [0.2, 0.25) is 0 Å².